The standard InChI is InChI=1S/C6H11F2O6P/c1-4(9)14-3-5(10)2-6(7,8)15(11,12)13/h5,10H,2-3H2,1H3,(H2,11,12,13)/t5-/m0/s1. The minimum absolute atomic E-state index is 0.731. The molecule has 0 amide bonds. The number of esters is 1. The van der Waals surface area contributed by atoms with E-state index in [-0.39, 0.29) is 0 Å². The van der Waals surface area contributed by atoms with Crippen LogP contribution in [0.3, 0.4) is 0 Å². The largest absolute Gasteiger partial charge is 0.463 e. The molecule has 0 spiro atoms. The van der Waals surface area contributed by atoms with Crippen LogP contribution in [0.15, 0.2) is 0 Å². The second-order valence-corrected chi connectivity index (χ2v) is 4.61. The average molecular weight is 248 g/mol. The predicted molar refractivity (Wildman–Crippen MR) is 44.2 cm³/mol. The number of carbonyl (C=O) groups excluding carboxylic acids is 1. The van der Waals surface area contributed by atoms with Gasteiger partial charge < -0.3 is 19.6 Å². The molecule has 6 nitrogen and oxygen atoms in total. The number of carbonyl (C=O) groups is 1. The zero-order chi connectivity index (χ0) is 12.3. The van der Waals surface area contributed by atoms with Gasteiger partial charge in [0, 0.05) is 6.92 Å². The normalized spacial score (nSPS) is 14.8. The molecule has 0 heterocycles. The van der Waals surface area contributed by atoms with Crippen molar-refractivity contribution in [3.05, 3.63) is 0 Å². The highest BCUT2D eigenvalue weighted by molar-refractivity contribution is 7.53. The van der Waals surface area contributed by atoms with Gasteiger partial charge in [-0.05, 0) is 0 Å². The van der Waals surface area contributed by atoms with Gasteiger partial charge >= 0.3 is 19.2 Å². The SMILES string of the molecule is CC(=O)OC[C@@H](O)CC(F)(F)P(=O)(O)O. The van der Waals surface area contributed by atoms with Crippen molar-refractivity contribution >= 4 is 13.6 Å². The van der Waals surface area contributed by atoms with Gasteiger partial charge in [0.1, 0.15) is 6.61 Å². The number of rotatable bonds is 5. The molecule has 0 fully saturated rings. The summed E-state index contributed by atoms with van der Waals surface area (Å²) in [5.41, 5.74) is -4.33. The van der Waals surface area contributed by atoms with Crippen molar-refractivity contribution in [2.45, 2.75) is 25.1 Å². The smallest absolute Gasteiger partial charge is 0.394 e. The van der Waals surface area contributed by atoms with Crippen molar-refractivity contribution in [1.82, 2.24) is 0 Å². The molecule has 0 rings (SSSR count). The Labute approximate surface area is 84.0 Å². The Hall–Kier alpha value is -0.560. The molecule has 9 heteroatoms. The molecule has 0 aromatic carbocycles. The molecule has 0 saturated carbocycles. The van der Waals surface area contributed by atoms with E-state index >= 15 is 0 Å². The molecule has 0 unspecified atom stereocenters. The van der Waals surface area contributed by atoms with Crippen molar-refractivity contribution in [2.24, 2.45) is 0 Å². The summed E-state index contributed by atoms with van der Waals surface area (Å²) in [5, 5.41) is 8.90. The third-order valence-corrected chi connectivity index (χ3v) is 2.42. The van der Waals surface area contributed by atoms with Gasteiger partial charge in [-0.2, -0.15) is 8.78 Å². The summed E-state index contributed by atoms with van der Waals surface area (Å²) < 4.78 is 39.7. The van der Waals surface area contributed by atoms with Crippen LogP contribution in [0, 0.1) is 0 Å². The van der Waals surface area contributed by atoms with Crippen LogP contribution in [-0.2, 0) is 14.1 Å². The van der Waals surface area contributed by atoms with E-state index in [1.54, 1.807) is 0 Å². The molecule has 0 saturated heterocycles. The fourth-order valence-electron chi connectivity index (χ4n) is 0.675. The fourth-order valence-corrected chi connectivity index (χ4v) is 1.12. The zero-order valence-corrected chi connectivity index (χ0v) is 8.66. The topological polar surface area (TPSA) is 104 Å². The van der Waals surface area contributed by atoms with Crippen molar-refractivity contribution in [3.8, 4) is 0 Å². The Balaban J connectivity index is 4.22. The molecule has 3 N–H and O–H groups in total. The fraction of sp³-hybridized carbons (Fsp3) is 0.833. The summed E-state index contributed by atoms with van der Waals surface area (Å²) in [6.07, 6.45) is -3.29. The highest BCUT2D eigenvalue weighted by Gasteiger charge is 2.49. The number of halogens is 2. The van der Waals surface area contributed by atoms with Crippen LogP contribution in [-0.4, -0.2) is 39.2 Å². The summed E-state index contributed by atoms with van der Waals surface area (Å²) in [7, 11) is -5.60. The first-order chi connectivity index (χ1) is 6.56. The maximum absolute atomic E-state index is 12.6. The first-order valence-corrected chi connectivity index (χ1v) is 5.42. The summed E-state index contributed by atoms with van der Waals surface area (Å²) in [4.78, 5) is 26.7. The van der Waals surface area contributed by atoms with Gasteiger partial charge in [-0.25, -0.2) is 0 Å². The van der Waals surface area contributed by atoms with Crippen LogP contribution in [0.25, 0.3) is 0 Å². The van der Waals surface area contributed by atoms with E-state index in [0.29, 0.717) is 0 Å². The first-order valence-electron chi connectivity index (χ1n) is 3.81. The molecule has 0 aliphatic heterocycles. The summed E-state index contributed by atoms with van der Waals surface area (Å²) >= 11 is 0. The Kier molecular flexibility index (Phi) is 4.79. The number of aliphatic hydroxyl groups is 1. The lowest BCUT2D eigenvalue weighted by Crippen LogP contribution is -2.28. The Morgan fingerprint density at radius 1 is 1.53 bits per heavy atom. The van der Waals surface area contributed by atoms with Crippen LogP contribution < -0.4 is 0 Å². The van der Waals surface area contributed by atoms with Gasteiger partial charge in [0.25, 0.3) is 0 Å². The minimum Gasteiger partial charge on any atom is -0.463 e. The van der Waals surface area contributed by atoms with Gasteiger partial charge in [-0.1, -0.05) is 0 Å². The van der Waals surface area contributed by atoms with Gasteiger partial charge in [-0.3, -0.25) is 9.36 Å². The number of aliphatic hydroxyl groups excluding tert-OH is 1. The molecule has 1 atom stereocenters. The van der Waals surface area contributed by atoms with E-state index in [2.05, 4.69) is 4.74 Å². The highest BCUT2D eigenvalue weighted by Crippen LogP contribution is 2.55. The van der Waals surface area contributed by atoms with Crippen LogP contribution in [0.5, 0.6) is 0 Å². The molecule has 0 aliphatic rings. The Bertz CT molecular complexity index is 275. The van der Waals surface area contributed by atoms with Crippen molar-refractivity contribution in [2.75, 3.05) is 6.61 Å². The zero-order valence-electron chi connectivity index (χ0n) is 7.76. The van der Waals surface area contributed by atoms with E-state index in [1.807, 2.05) is 0 Å². The molecule has 15 heavy (non-hydrogen) atoms. The minimum atomic E-state index is -5.60. The second kappa shape index (κ2) is 4.98. The maximum Gasteiger partial charge on any atom is 0.394 e. The van der Waals surface area contributed by atoms with Crippen LogP contribution in [0.1, 0.15) is 13.3 Å². The molecule has 90 valence electrons. The summed E-state index contributed by atoms with van der Waals surface area (Å²) in [6.45, 7) is 0.277. The van der Waals surface area contributed by atoms with Crippen molar-refractivity contribution in [1.29, 1.82) is 0 Å². The van der Waals surface area contributed by atoms with E-state index in [1.165, 1.54) is 0 Å². The monoisotopic (exact) mass is 248 g/mol. The van der Waals surface area contributed by atoms with Gasteiger partial charge in [0.05, 0.1) is 12.5 Å². The Morgan fingerprint density at radius 3 is 2.33 bits per heavy atom. The summed E-state index contributed by atoms with van der Waals surface area (Å²) in [5.74, 6) is -0.784. The molecular weight excluding hydrogens is 237 g/mol. The lowest BCUT2D eigenvalue weighted by atomic mass is 10.3. The molecule has 0 aliphatic carbocycles. The second-order valence-electron chi connectivity index (χ2n) is 2.87. The van der Waals surface area contributed by atoms with E-state index < -0.39 is 38.4 Å². The number of alkyl halides is 2. The third-order valence-electron chi connectivity index (χ3n) is 1.39. The Morgan fingerprint density at radius 2 is 2.00 bits per heavy atom. The maximum atomic E-state index is 12.6. The van der Waals surface area contributed by atoms with Gasteiger partial charge in [0.2, 0.25) is 0 Å². The lowest BCUT2D eigenvalue weighted by molar-refractivity contribution is -0.145. The van der Waals surface area contributed by atoms with Crippen LogP contribution in [0.4, 0.5) is 8.78 Å². The molecule has 0 radical (unpaired) electrons. The molecule has 0 bridgehead atoms. The number of ether oxygens (including phenoxy) is 1. The third kappa shape index (κ3) is 5.17. The van der Waals surface area contributed by atoms with E-state index in [4.69, 9.17) is 14.9 Å². The number of hydrogen-bond acceptors (Lipinski definition) is 4. The molecule has 0 aromatic rings. The van der Waals surface area contributed by atoms with Crippen molar-refractivity contribution in [3.63, 3.8) is 0 Å². The summed E-state index contributed by atoms with van der Waals surface area (Å²) in [6, 6.07) is 0. The van der Waals surface area contributed by atoms with E-state index in [9.17, 15) is 18.1 Å². The quantitative estimate of drug-likeness (QED) is 0.470. The van der Waals surface area contributed by atoms with Crippen LogP contribution in [0.2, 0.25) is 0 Å². The number of hydrogen-bond donors (Lipinski definition) is 3. The van der Waals surface area contributed by atoms with Gasteiger partial charge in [0.15, 0.2) is 0 Å². The van der Waals surface area contributed by atoms with Gasteiger partial charge in [-0.15, -0.1) is 0 Å². The molecular formula is C6H11F2O6P. The van der Waals surface area contributed by atoms with E-state index in [0.717, 1.165) is 6.92 Å². The van der Waals surface area contributed by atoms with Crippen LogP contribution >= 0.6 is 7.60 Å². The lowest BCUT2D eigenvalue weighted by Gasteiger charge is -2.20. The highest BCUT2D eigenvalue weighted by atomic mass is 31.2. The predicted octanol–water partition coefficient (Wildman–Crippen LogP) is 0.0710. The average Bonchev–Trinajstić information content (AvgIpc) is 1.97. The molecule has 0 aromatic heterocycles. The van der Waals surface area contributed by atoms with Crippen molar-refractivity contribution < 1.29 is 37.8 Å². The first kappa shape index (κ1) is 14.4.